The van der Waals surface area contributed by atoms with Gasteiger partial charge < -0.3 is 15.2 Å². The largest absolute Gasteiger partial charge is 0.480 e. The van der Waals surface area contributed by atoms with Crippen molar-refractivity contribution >= 4 is 23.7 Å². The molecule has 0 bridgehead atoms. The first-order chi connectivity index (χ1) is 9.02. The molecule has 0 aromatic heterocycles. The number of hydrogen-bond donors (Lipinski definition) is 2. The molecule has 0 aliphatic heterocycles. The van der Waals surface area contributed by atoms with Crippen LogP contribution in [0.1, 0.15) is 5.56 Å². The van der Waals surface area contributed by atoms with Gasteiger partial charge in [0, 0.05) is 11.4 Å². The monoisotopic (exact) mass is 283 g/mol. The Balaban J connectivity index is 2.62. The van der Waals surface area contributed by atoms with Crippen LogP contribution in [0, 0.1) is 0 Å². The Kier molecular flexibility index (Phi) is 5.89. The molecule has 1 aromatic carbocycles. The van der Waals surface area contributed by atoms with Gasteiger partial charge in [-0.15, -0.1) is 0 Å². The van der Waals surface area contributed by atoms with Crippen molar-refractivity contribution in [3.05, 3.63) is 47.5 Å². The molecule has 0 saturated carbocycles. The molecule has 0 fully saturated rings. The Hall–Kier alpha value is -2.01. The van der Waals surface area contributed by atoms with Gasteiger partial charge in [0.1, 0.15) is 12.6 Å². The number of nitrogens with one attached hydrogen (secondary N) is 1. The Morgan fingerprint density at radius 3 is 2.58 bits per heavy atom. The number of alkyl carbamates (subject to hydrolysis) is 1. The number of halogens is 1. The first kappa shape index (κ1) is 15.0. The third-order valence-corrected chi connectivity index (χ3v) is 2.53. The van der Waals surface area contributed by atoms with Gasteiger partial charge in [-0.2, -0.15) is 0 Å². The van der Waals surface area contributed by atoms with Crippen LogP contribution in [0.3, 0.4) is 0 Å². The predicted molar refractivity (Wildman–Crippen MR) is 71.3 cm³/mol. The molecular weight excluding hydrogens is 270 g/mol. The molecule has 6 heteroatoms. The summed E-state index contributed by atoms with van der Waals surface area (Å²) in [7, 11) is 0. The van der Waals surface area contributed by atoms with Gasteiger partial charge in [-0.25, -0.2) is 9.59 Å². The zero-order valence-electron chi connectivity index (χ0n) is 10.1. The van der Waals surface area contributed by atoms with Crippen LogP contribution < -0.4 is 5.32 Å². The van der Waals surface area contributed by atoms with E-state index in [2.05, 4.69) is 16.6 Å². The minimum Gasteiger partial charge on any atom is -0.480 e. The Labute approximate surface area is 115 Å². The van der Waals surface area contributed by atoms with Crippen molar-refractivity contribution in [3.63, 3.8) is 0 Å². The number of carboxylic acid groups (broad SMARTS) is 1. The average molecular weight is 284 g/mol. The van der Waals surface area contributed by atoms with Gasteiger partial charge in [-0.3, -0.25) is 0 Å². The SMILES string of the molecule is C=CCOC(=O)NC(Cc1ccc(Cl)cc1)C(=O)O. The second kappa shape index (κ2) is 7.43. The van der Waals surface area contributed by atoms with Crippen LogP contribution in [-0.2, 0) is 16.0 Å². The fourth-order valence-corrected chi connectivity index (χ4v) is 1.50. The molecule has 1 unspecified atom stereocenters. The van der Waals surface area contributed by atoms with Gasteiger partial charge in [-0.05, 0) is 17.7 Å². The van der Waals surface area contributed by atoms with E-state index >= 15 is 0 Å². The van der Waals surface area contributed by atoms with Crippen LogP contribution in [0.5, 0.6) is 0 Å². The molecule has 1 aromatic rings. The van der Waals surface area contributed by atoms with Crippen LogP contribution in [0.4, 0.5) is 4.79 Å². The highest BCUT2D eigenvalue weighted by molar-refractivity contribution is 6.30. The molecular formula is C13H14ClNO4. The van der Waals surface area contributed by atoms with Crippen LogP contribution in [-0.4, -0.2) is 29.8 Å². The number of carboxylic acids is 1. The van der Waals surface area contributed by atoms with Crippen molar-refractivity contribution in [3.8, 4) is 0 Å². The van der Waals surface area contributed by atoms with Gasteiger partial charge in [-0.1, -0.05) is 36.4 Å². The average Bonchev–Trinajstić information content (AvgIpc) is 2.38. The Morgan fingerprint density at radius 1 is 1.42 bits per heavy atom. The Bertz CT molecular complexity index is 458. The number of hydrogen-bond acceptors (Lipinski definition) is 3. The Morgan fingerprint density at radius 2 is 2.05 bits per heavy atom. The van der Waals surface area contributed by atoms with Crippen molar-refractivity contribution < 1.29 is 19.4 Å². The molecule has 5 nitrogen and oxygen atoms in total. The summed E-state index contributed by atoms with van der Waals surface area (Å²) < 4.78 is 4.68. The van der Waals surface area contributed by atoms with Crippen molar-refractivity contribution in [2.75, 3.05) is 6.61 Å². The van der Waals surface area contributed by atoms with E-state index in [0.29, 0.717) is 5.02 Å². The molecule has 0 aliphatic carbocycles. The second-order valence-electron chi connectivity index (χ2n) is 3.75. The van der Waals surface area contributed by atoms with Crippen molar-refractivity contribution in [2.24, 2.45) is 0 Å². The van der Waals surface area contributed by atoms with Crippen LogP contribution in [0.2, 0.25) is 5.02 Å². The highest BCUT2D eigenvalue weighted by Gasteiger charge is 2.20. The van der Waals surface area contributed by atoms with E-state index in [9.17, 15) is 9.59 Å². The maximum Gasteiger partial charge on any atom is 0.408 e. The standard InChI is InChI=1S/C13H14ClNO4/c1-2-7-19-13(18)15-11(12(16)17)8-9-3-5-10(14)6-4-9/h2-6,11H,1,7-8H2,(H,15,18)(H,16,17). The van der Waals surface area contributed by atoms with Crippen molar-refractivity contribution in [1.29, 1.82) is 0 Å². The summed E-state index contributed by atoms with van der Waals surface area (Å²) in [5.41, 5.74) is 0.751. The number of aliphatic carboxylic acids is 1. The summed E-state index contributed by atoms with van der Waals surface area (Å²) in [6.45, 7) is 3.42. The zero-order chi connectivity index (χ0) is 14.3. The van der Waals surface area contributed by atoms with Crippen molar-refractivity contribution in [1.82, 2.24) is 5.32 Å². The van der Waals surface area contributed by atoms with Gasteiger partial charge >= 0.3 is 12.1 Å². The van der Waals surface area contributed by atoms with Gasteiger partial charge in [0.15, 0.2) is 0 Å². The molecule has 1 atom stereocenters. The van der Waals surface area contributed by atoms with E-state index in [4.69, 9.17) is 16.7 Å². The molecule has 1 rings (SSSR count). The van der Waals surface area contributed by atoms with E-state index in [1.165, 1.54) is 6.08 Å². The molecule has 0 radical (unpaired) electrons. The molecule has 0 aliphatic rings. The number of ether oxygens (including phenoxy) is 1. The number of carbonyl (C=O) groups is 2. The first-order valence-corrected chi connectivity index (χ1v) is 5.92. The fraction of sp³-hybridized carbons (Fsp3) is 0.231. The lowest BCUT2D eigenvalue weighted by Crippen LogP contribution is -2.42. The highest BCUT2D eigenvalue weighted by Crippen LogP contribution is 2.11. The summed E-state index contributed by atoms with van der Waals surface area (Å²) in [5.74, 6) is -1.13. The molecule has 0 spiro atoms. The summed E-state index contributed by atoms with van der Waals surface area (Å²) in [6, 6.07) is 5.67. The zero-order valence-corrected chi connectivity index (χ0v) is 10.9. The summed E-state index contributed by atoms with van der Waals surface area (Å²) in [6.07, 6.45) is 0.755. The van der Waals surface area contributed by atoms with E-state index in [1.807, 2.05) is 0 Å². The molecule has 0 heterocycles. The van der Waals surface area contributed by atoms with E-state index in [0.717, 1.165) is 5.56 Å². The van der Waals surface area contributed by atoms with E-state index in [-0.39, 0.29) is 13.0 Å². The summed E-state index contributed by atoms with van der Waals surface area (Å²) in [5, 5.41) is 11.9. The quantitative estimate of drug-likeness (QED) is 0.785. The normalized spacial score (nSPS) is 11.4. The predicted octanol–water partition coefficient (Wildman–Crippen LogP) is 2.25. The maximum atomic E-state index is 11.3. The number of amides is 1. The topological polar surface area (TPSA) is 75.6 Å². The second-order valence-corrected chi connectivity index (χ2v) is 4.19. The molecule has 0 saturated heterocycles. The highest BCUT2D eigenvalue weighted by atomic mass is 35.5. The third kappa shape index (κ3) is 5.44. The van der Waals surface area contributed by atoms with E-state index < -0.39 is 18.1 Å². The number of benzene rings is 1. The van der Waals surface area contributed by atoms with E-state index in [1.54, 1.807) is 24.3 Å². The fourth-order valence-electron chi connectivity index (χ4n) is 1.37. The minimum atomic E-state index is -1.13. The van der Waals surface area contributed by atoms with Crippen LogP contribution in [0.15, 0.2) is 36.9 Å². The summed E-state index contributed by atoms with van der Waals surface area (Å²) in [4.78, 5) is 22.4. The third-order valence-electron chi connectivity index (χ3n) is 2.28. The smallest absolute Gasteiger partial charge is 0.408 e. The molecule has 2 N–H and O–H groups in total. The minimum absolute atomic E-state index is 0.0269. The number of carbonyl (C=O) groups excluding carboxylic acids is 1. The maximum absolute atomic E-state index is 11.3. The van der Waals surface area contributed by atoms with Crippen LogP contribution in [0.25, 0.3) is 0 Å². The van der Waals surface area contributed by atoms with Gasteiger partial charge in [0.05, 0.1) is 0 Å². The summed E-state index contributed by atoms with van der Waals surface area (Å²) >= 11 is 5.74. The first-order valence-electron chi connectivity index (χ1n) is 5.54. The van der Waals surface area contributed by atoms with Crippen LogP contribution >= 0.6 is 11.6 Å². The lowest BCUT2D eigenvalue weighted by molar-refractivity contribution is -0.139. The molecule has 1 amide bonds. The van der Waals surface area contributed by atoms with Gasteiger partial charge in [0.2, 0.25) is 0 Å². The molecule has 102 valence electrons. The molecule has 19 heavy (non-hydrogen) atoms. The van der Waals surface area contributed by atoms with Gasteiger partial charge in [0.25, 0.3) is 0 Å². The lowest BCUT2D eigenvalue weighted by Gasteiger charge is -2.14. The lowest BCUT2D eigenvalue weighted by atomic mass is 10.1. The van der Waals surface area contributed by atoms with Crippen molar-refractivity contribution in [2.45, 2.75) is 12.5 Å². The number of rotatable bonds is 6.